The van der Waals surface area contributed by atoms with Gasteiger partial charge in [-0.05, 0) is 24.6 Å². The van der Waals surface area contributed by atoms with Crippen molar-refractivity contribution in [2.24, 2.45) is 7.05 Å². The van der Waals surface area contributed by atoms with Crippen molar-refractivity contribution in [3.8, 4) is 6.07 Å². The number of carboxylic acids is 1. The number of nitriles is 1. The molecule has 2 N–H and O–H groups in total. The normalized spacial score (nSPS) is 22.9. The molecule has 2 unspecified atom stereocenters. The lowest BCUT2D eigenvalue weighted by molar-refractivity contribution is -0.192. The number of aryl methyl sites for hydroxylation is 1. The van der Waals surface area contributed by atoms with Gasteiger partial charge in [0.2, 0.25) is 0 Å². The number of nitrogens with one attached hydrogen (secondary N) is 1. The van der Waals surface area contributed by atoms with E-state index in [0.29, 0.717) is 18.2 Å². The van der Waals surface area contributed by atoms with E-state index in [2.05, 4.69) is 25.8 Å². The van der Waals surface area contributed by atoms with Crippen LogP contribution in [0.25, 0.3) is 0 Å². The standard InChI is InChI=1S/C19H23N5O.C2HF3O2/c1-23-8-6-21-18(23)12-24-7-5-19(14-24)10-17(13-25-19)22-16-4-2-3-15(9-16)11-20;3-2(4,5)1(6)7/h2-4,6,8-9,17,22H,5,7,10,12-14H2,1H3;(H,6,7). The first-order valence-electron chi connectivity index (χ1n) is 9.99. The molecule has 2 fully saturated rings. The van der Waals surface area contributed by atoms with E-state index in [-0.39, 0.29) is 5.60 Å². The van der Waals surface area contributed by atoms with E-state index in [9.17, 15) is 13.2 Å². The van der Waals surface area contributed by atoms with Crippen LogP contribution in [0.15, 0.2) is 36.7 Å². The lowest BCUT2D eigenvalue weighted by Crippen LogP contribution is -2.33. The Morgan fingerprint density at radius 1 is 1.47 bits per heavy atom. The van der Waals surface area contributed by atoms with Crippen LogP contribution in [-0.4, -0.2) is 63.0 Å². The highest BCUT2D eigenvalue weighted by atomic mass is 19.4. The number of anilines is 1. The Balaban J connectivity index is 0.000000360. The second kappa shape index (κ2) is 9.58. The molecule has 0 radical (unpaired) electrons. The minimum absolute atomic E-state index is 0.0460. The number of halogens is 3. The maximum atomic E-state index is 10.6. The zero-order chi connectivity index (χ0) is 23.4. The predicted molar refractivity (Wildman–Crippen MR) is 109 cm³/mol. The summed E-state index contributed by atoms with van der Waals surface area (Å²) in [6.45, 7) is 3.59. The maximum absolute atomic E-state index is 10.6. The Morgan fingerprint density at radius 2 is 2.22 bits per heavy atom. The second-order valence-electron chi connectivity index (χ2n) is 7.95. The first kappa shape index (κ1) is 23.6. The molecule has 0 bridgehead atoms. The molecule has 0 saturated carbocycles. The Hall–Kier alpha value is -3.10. The summed E-state index contributed by atoms with van der Waals surface area (Å²) >= 11 is 0. The zero-order valence-electron chi connectivity index (χ0n) is 17.5. The summed E-state index contributed by atoms with van der Waals surface area (Å²) in [5, 5.41) is 19.7. The van der Waals surface area contributed by atoms with Crippen LogP contribution in [0, 0.1) is 11.3 Å². The summed E-state index contributed by atoms with van der Waals surface area (Å²) < 4.78 is 40.0. The van der Waals surface area contributed by atoms with Crippen LogP contribution >= 0.6 is 0 Å². The Labute approximate surface area is 183 Å². The molecule has 0 amide bonds. The van der Waals surface area contributed by atoms with E-state index >= 15 is 0 Å². The van der Waals surface area contributed by atoms with E-state index in [1.165, 1.54) is 0 Å². The van der Waals surface area contributed by atoms with Crippen LogP contribution in [0.2, 0.25) is 0 Å². The number of rotatable bonds is 4. The van der Waals surface area contributed by atoms with Gasteiger partial charge in [-0.25, -0.2) is 9.78 Å². The number of aliphatic carboxylic acids is 1. The molecule has 172 valence electrons. The topological polar surface area (TPSA) is 103 Å². The largest absolute Gasteiger partial charge is 0.490 e. The van der Waals surface area contributed by atoms with Crippen LogP contribution in [0.5, 0.6) is 0 Å². The fourth-order valence-electron chi connectivity index (χ4n) is 3.95. The summed E-state index contributed by atoms with van der Waals surface area (Å²) in [5.74, 6) is -1.66. The molecule has 1 aromatic carbocycles. The lowest BCUT2D eigenvalue weighted by atomic mass is 9.97. The predicted octanol–water partition coefficient (Wildman–Crippen LogP) is 2.77. The van der Waals surface area contributed by atoms with Crippen LogP contribution < -0.4 is 5.32 Å². The van der Waals surface area contributed by atoms with E-state index in [4.69, 9.17) is 19.9 Å². The molecule has 2 saturated heterocycles. The first-order chi connectivity index (χ1) is 15.1. The summed E-state index contributed by atoms with van der Waals surface area (Å²) in [6, 6.07) is 10.1. The maximum Gasteiger partial charge on any atom is 0.490 e. The number of ether oxygens (including phenoxy) is 1. The molecule has 1 aromatic heterocycles. The van der Waals surface area contributed by atoms with Gasteiger partial charge in [-0.1, -0.05) is 6.07 Å². The molecule has 3 heterocycles. The van der Waals surface area contributed by atoms with Crippen LogP contribution in [0.4, 0.5) is 18.9 Å². The number of hydrogen-bond donors (Lipinski definition) is 2. The third-order valence-electron chi connectivity index (χ3n) is 5.50. The molecule has 4 rings (SSSR count). The van der Waals surface area contributed by atoms with Crippen molar-refractivity contribution in [1.82, 2.24) is 14.5 Å². The van der Waals surface area contributed by atoms with Gasteiger partial charge in [0, 0.05) is 44.6 Å². The van der Waals surface area contributed by atoms with Gasteiger partial charge in [0.15, 0.2) is 0 Å². The number of aromatic nitrogens is 2. The number of likely N-dealkylation sites (tertiary alicyclic amines) is 1. The monoisotopic (exact) mass is 451 g/mol. The highest BCUT2D eigenvalue weighted by Gasteiger charge is 2.45. The van der Waals surface area contributed by atoms with E-state index in [0.717, 1.165) is 44.0 Å². The summed E-state index contributed by atoms with van der Waals surface area (Å²) in [7, 11) is 2.04. The Bertz CT molecular complexity index is 988. The highest BCUT2D eigenvalue weighted by Crippen LogP contribution is 2.36. The second-order valence-corrected chi connectivity index (χ2v) is 7.95. The number of carboxylic acid groups (broad SMARTS) is 1. The first-order valence-corrected chi connectivity index (χ1v) is 9.99. The fourth-order valence-corrected chi connectivity index (χ4v) is 3.95. The van der Waals surface area contributed by atoms with Crippen molar-refractivity contribution in [2.45, 2.75) is 37.2 Å². The van der Waals surface area contributed by atoms with Gasteiger partial charge in [-0.3, -0.25) is 4.90 Å². The number of carbonyl (C=O) groups is 1. The summed E-state index contributed by atoms with van der Waals surface area (Å²) in [6.07, 6.45) is 0.819. The number of imidazole rings is 1. The molecule has 2 aliphatic heterocycles. The smallest absolute Gasteiger partial charge is 0.475 e. The SMILES string of the molecule is Cn1ccnc1CN1CCC2(CC(Nc3cccc(C#N)c3)CO2)C1.O=C(O)C(F)(F)F. The van der Waals surface area contributed by atoms with Crippen LogP contribution in [0.1, 0.15) is 24.2 Å². The zero-order valence-corrected chi connectivity index (χ0v) is 17.5. The molecule has 2 aromatic rings. The summed E-state index contributed by atoms with van der Waals surface area (Å²) in [4.78, 5) is 15.8. The fraction of sp³-hybridized carbons (Fsp3) is 0.476. The van der Waals surface area contributed by atoms with Crippen LogP contribution in [0.3, 0.4) is 0 Å². The van der Waals surface area contributed by atoms with Crippen molar-refractivity contribution in [1.29, 1.82) is 5.26 Å². The van der Waals surface area contributed by atoms with Crippen LogP contribution in [-0.2, 0) is 23.1 Å². The minimum Gasteiger partial charge on any atom is -0.475 e. The van der Waals surface area contributed by atoms with Crippen molar-refractivity contribution in [3.63, 3.8) is 0 Å². The van der Waals surface area contributed by atoms with Gasteiger partial charge < -0.3 is 19.7 Å². The van der Waals surface area contributed by atoms with Gasteiger partial charge >= 0.3 is 12.1 Å². The van der Waals surface area contributed by atoms with Gasteiger partial charge in [-0.2, -0.15) is 18.4 Å². The molecular formula is C21H24F3N5O3. The van der Waals surface area contributed by atoms with Crippen molar-refractivity contribution in [3.05, 3.63) is 48.0 Å². The van der Waals surface area contributed by atoms with Crippen molar-refractivity contribution in [2.75, 3.05) is 25.0 Å². The molecular weight excluding hydrogens is 427 g/mol. The third-order valence-corrected chi connectivity index (χ3v) is 5.50. The minimum atomic E-state index is -5.08. The lowest BCUT2D eigenvalue weighted by Gasteiger charge is -2.23. The average molecular weight is 451 g/mol. The molecule has 2 aliphatic rings. The van der Waals surface area contributed by atoms with Gasteiger partial charge in [-0.15, -0.1) is 0 Å². The molecule has 2 atom stereocenters. The van der Waals surface area contributed by atoms with Crippen molar-refractivity contribution >= 4 is 11.7 Å². The summed E-state index contributed by atoms with van der Waals surface area (Å²) in [5.41, 5.74) is 1.63. The van der Waals surface area contributed by atoms with E-state index in [1.54, 1.807) is 0 Å². The quantitative estimate of drug-likeness (QED) is 0.737. The van der Waals surface area contributed by atoms with Gasteiger partial charge in [0.05, 0.1) is 36.4 Å². The molecule has 11 heteroatoms. The number of benzene rings is 1. The highest BCUT2D eigenvalue weighted by molar-refractivity contribution is 5.73. The Kier molecular flexibility index (Phi) is 7.06. The van der Waals surface area contributed by atoms with E-state index in [1.807, 2.05) is 43.7 Å². The number of nitrogens with zero attached hydrogens (tertiary/aromatic N) is 4. The number of alkyl halides is 3. The molecule has 8 nitrogen and oxygen atoms in total. The van der Waals surface area contributed by atoms with E-state index < -0.39 is 12.1 Å². The Morgan fingerprint density at radius 3 is 2.84 bits per heavy atom. The van der Waals surface area contributed by atoms with Crippen molar-refractivity contribution < 1.29 is 27.8 Å². The average Bonchev–Trinajstić information content (AvgIpc) is 3.44. The third kappa shape index (κ3) is 5.99. The number of hydrogen-bond acceptors (Lipinski definition) is 6. The van der Waals surface area contributed by atoms with Gasteiger partial charge in [0.25, 0.3) is 0 Å². The molecule has 32 heavy (non-hydrogen) atoms. The molecule has 1 spiro atoms. The molecule has 0 aliphatic carbocycles. The van der Waals surface area contributed by atoms with Gasteiger partial charge in [0.1, 0.15) is 5.82 Å².